The highest BCUT2D eigenvalue weighted by molar-refractivity contribution is 5.13. The zero-order valence-corrected chi connectivity index (χ0v) is 12.0. The van der Waals surface area contributed by atoms with Crippen molar-refractivity contribution in [3.05, 3.63) is 18.0 Å². The van der Waals surface area contributed by atoms with Gasteiger partial charge in [-0.1, -0.05) is 13.3 Å². The smallest absolute Gasteiger partial charge is 0.0672 e. The first-order valence-corrected chi connectivity index (χ1v) is 7.84. The van der Waals surface area contributed by atoms with E-state index in [9.17, 15) is 0 Å². The molecule has 2 aliphatic rings. The van der Waals surface area contributed by atoms with E-state index < -0.39 is 0 Å². The predicted molar refractivity (Wildman–Crippen MR) is 76.8 cm³/mol. The van der Waals surface area contributed by atoms with Crippen molar-refractivity contribution in [1.29, 1.82) is 0 Å². The van der Waals surface area contributed by atoms with Gasteiger partial charge in [0, 0.05) is 24.8 Å². The van der Waals surface area contributed by atoms with Crippen LogP contribution in [0.25, 0.3) is 0 Å². The van der Waals surface area contributed by atoms with Crippen LogP contribution in [0.5, 0.6) is 0 Å². The molecule has 19 heavy (non-hydrogen) atoms. The van der Waals surface area contributed by atoms with Crippen LogP contribution in [0, 0.1) is 0 Å². The normalized spacial score (nSPS) is 29.4. The molecule has 2 N–H and O–H groups in total. The number of likely N-dealkylation sites (tertiary alicyclic amines) is 1. The van der Waals surface area contributed by atoms with Crippen molar-refractivity contribution in [2.24, 2.45) is 5.73 Å². The standard InChI is InChI=1S/C15H26N4/c1-2-10-19-14(8-9-17-19)15-13(16)5-3-4-11-18(15)12-6-7-12/h8-9,12-13,15H,2-7,10-11,16H2,1H3. The predicted octanol–water partition coefficient (Wildman–Crippen LogP) is 2.31. The average molecular weight is 262 g/mol. The van der Waals surface area contributed by atoms with Gasteiger partial charge in [0.25, 0.3) is 0 Å². The molecule has 1 saturated heterocycles. The molecule has 1 aliphatic heterocycles. The Morgan fingerprint density at radius 1 is 1.32 bits per heavy atom. The van der Waals surface area contributed by atoms with E-state index >= 15 is 0 Å². The molecular formula is C15H26N4. The Hall–Kier alpha value is -0.870. The van der Waals surface area contributed by atoms with E-state index in [1.807, 2.05) is 6.20 Å². The first-order valence-electron chi connectivity index (χ1n) is 7.84. The maximum Gasteiger partial charge on any atom is 0.0672 e. The van der Waals surface area contributed by atoms with Gasteiger partial charge in [0.2, 0.25) is 0 Å². The third-order valence-electron chi connectivity index (χ3n) is 4.47. The van der Waals surface area contributed by atoms with Gasteiger partial charge in [-0.3, -0.25) is 9.58 Å². The minimum absolute atomic E-state index is 0.260. The lowest BCUT2D eigenvalue weighted by Crippen LogP contribution is -2.42. The maximum atomic E-state index is 6.51. The van der Waals surface area contributed by atoms with Crippen molar-refractivity contribution in [1.82, 2.24) is 14.7 Å². The average Bonchev–Trinajstić information content (AvgIpc) is 3.17. The summed E-state index contributed by atoms with van der Waals surface area (Å²) in [4.78, 5) is 2.67. The molecule has 3 rings (SSSR count). The SMILES string of the molecule is CCCn1nccc1C1C(N)CCCCN1C1CC1. The van der Waals surface area contributed by atoms with E-state index in [1.54, 1.807) is 0 Å². The molecule has 1 saturated carbocycles. The molecule has 4 nitrogen and oxygen atoms in total. The molecular weight excluding hydrogens is 236 g/mol. The van der Waals surface area contributed by atoms with Gasteiger partial charge in [-0.2, -0.15) is 5.10 Å². The first kappa shape index (κ1) is 13.1. The molecule has 2 heterocycles. The fourth-order valence-corrected chi connectivity index (χ4v) is 3.42. The molecule has 0 radical (unpaired) electrons. The lowest BCUT2D eigenvalue weighted by Gasteiger charge is -2.34. The molecule has 2 atom stereocenters. The van der Waals surface area contributed by atoms with E-state index in [-0.39, 0.29) is 6.04 Å². The Kier molecular flexibility index (Phi) is 3.89. The summed E-state index contributed by atoms with van der Waals surface area (Å²) in [7, 11) is 0. The summed E-state index contributed by atoms with van der Waals surface area (Å²) in [6.45, 7) is 4.42. The summed E-state index contributed by atoms with van der Waals surface area (Å²) in [5.74, 6) is 0. The summed E-state index contributed by atoms with van der Waals surface area (Å²) in [6.07, 6.45) is 9.47. The van der Waals surface area contributed by atoms with E-state index in [0.717, 1.165) is 25.4 Å². The summed E-state index contributed by atoms with van der Waals surface area (Å²) in [5, 5.41) is 4.49. The van der Waals surface area contributed by atoms with Crippen LogP contribution in [-0.4, -0.2) is 33.3 Å². The minimum atomic E-state index is 0.260. The van der Waals surface area contributed by atoms with Gasteiger partial charge in [0.15, 0.2) is 0 Å². The largest absolute Gasteiger partial charge is 0.326 e. The molecule has 4 heteroatoms. The van der Waals surface area contributed by atoms with Crippen LogP contribution in [0.15, 0.2) is 12.3 Å². The Morgan fingerprint density at radius 2 is 2.16 bits per heavy atom. The van der Waals surface area contributed by atoms with Crippen LogP contribution in [0.2, 0.25) is 0 Å². The lowest BCUT2D eigenvalue weighted by molar-refractivity contribution is 0.166. The molecule has 2 fully saturated rings. The van der Waals surface area contributed by atoms with Crippen LogP contribution in [-0.2, 0) is 6.54 Å². The third kappa shape index (κ3) is 2.70. The second-order valence-corrected chi connectivity index (χ2v) is 6.05. The lowest BCUT2D eigenvalue weighted by atomic mass is 10.0. The maximum absolute atomic E-state index is 6.51. The number of nitrogens with zero attached hydrogens (tertiary/aromatic N) is 3. The van der Waals surface area contributed by atoms with Crippen molar-refractivity contribution < 1.29 is 0 Å². The molecule has 0 amide bonds. The Morgan fingerprint density at radius 3 is 2.89 bits per heavy atom. The zero-order chi connectivity index (χ0) is 13.2. The van der Waals surface area contributed by atoms with E-state index in [4.69, 9.17) is 5.73 Å². The first-order chi connectivity index (χ1) is 9.31. The van der Waals surface area contributed by atoms with Crippen LogP contribution in [0.4, 0.5) is 0 Å². The summed E-state index contributed by atoms with van der Waals surface area (Å²) in [6, 6.07) is 3.60. The van der Waals surface area contributed by atoms with Crippen LogP contribution in [0.1, 0.15) is 57.2 Å². The van der Waals surface area contributed by atoms with E-state index in [0.29, 0.717) is 6.04 Å². The summed E-state index contributed by atoms with van der Waals surface area (Å²) >= 11 is 0. The number of hydrogen-bond donors (Lipinski definition) is 1. The van der Waals surface area contributed by atoms with Crippen LogP contribution < -0.4 is 5.73 Å². The quantitative estimate of drug-likeness (QED) is 0.906. The fourth-order valence-electron chi connectivity index (χ4n) is 3.42. The number of rotatable bonds is 4. The molecule has 0 spiro atoms. The second-order valence-electron chi connectivity index (χ2n) is 6.05. The molecule has 0 aromatic carbocycles. The fraction of sp³-hybridized carbons (Fsp3) is 0.800. The van der Waals surface area contributed by atoms with Gasteiger partial charge in [-0.05, 0) is 44.7 Å². The molecule has 0 bridgehead atoms. The summed E-state index contributed by atoms with van der Waals surface area (Å²) < 4.78 is 2.17. The van der Waals surface area contributed by atoms with Crippen LogP contribution >= 0.6 is 0 Å². The topological polar surface area (TPSA) is 47.1 Å². The number of aryl methyl sites for hydroxylation is 1. The highest BCUT2D eigenvalue weighted by Gasteiger charge is 2.39. The Labute approximate surface area is 116 Å². The Balaban J connectivity index is 1.89. The van der Waals surface area contributed by atoms with Gasteiger partial charge >= 0.3 is 0 Å². The van der Waals surface area contributed by atoms with Crippen molar-refractivity contribution >= 4 is 0 Å². The van der Waals surface area contributed by atoms with Crippen molar-refractivity contribution in [2.45, 2.75) is 70.1 Å². The molecule has 2 unspecified atom stereocenters. The minimum Gasteiger partial charge on any atom is -0.326 e. The van der Waals surface area contributed by atoms with Gasteiger partial charge in [0.1, 0.15) is 0 Å². The van der Waals surface area contributed by atoms with Crippen molar-refractivity contribution in [3.8, 4) is 0 Å². The second kappa shape index (κ2) is 5.63. The molecule has 1 aromatic heterocycles. The zero-order valence-electron chi connectivity index (χ0n) is 12.0. The van der Waals surface area contributed by atoms with Crippen molar-refractivity contribution in [2.75, 3.05) is 6.54 Å². The summed E-state index contributed by atoms with van der Waals surface area (Å²) in [5.41, 5.74) is 7.84. The number of aromatic nitrogens is 2. The Bertz CT molecular complexity index is 410. The highest BCUT2D eigenvalue weighted by Crippen LogP contribution is 2.38. The van der Waals surface area contributed by atoms with E-state index in [1.165, 1.54) is 37.9 Å². The highest BCUT2D eigenvalue weighted by atomic mass is 15.3. The van der Waals surface area contributed by atoms with Gasteiger partial charge < -0.3 is 5.73 Å². The van der Waals surface area contributed by atoms with Crippen LogP contribution in [0.3, 0.4) is 0 Å². The number of nitrogens with two attached hydrogens (primary N) is 1. The monoisotopic (exact) mass is 262 g/mol. The van der Waals surface area contributed by atoms with Gasteiger partial charge in [-0.25, -0.2) is 0 Å². The van der Waals surface area contributed by atoms with Crippen molar-refractivity contribution in [3.63, 3.8) is 0 Å². The molecule has 106 valence electrons. The van der Waals surface area contributed by atoms with Gasteiger partial charge in [0.05, 0.1) is 11.7 Å². The molecule has 1 aliphatic carbocycles. The van der Waals surface area contributed by atoms with Gasteiger partial charge in [-0.15, -0.1) is 0 Å². The van der Waals surface area contributed by atoms with E-state index in [2.05, 4.69) is 27.7 Å². The third-order valence-corrected chi connectivity index (χ3v) is 4.47. The number of hydrogen-bond acceptors (Lipinski definition) is 3. The molecule has 1 aromatic rings.